The molecule has 2 aliphatic heterocycles. The summed E-state index contributed by atoms with van der Waals surface area (Å²) in [5, 5.41) is 13.1. The van der Waals surface area contributed by atoms with E-state index in [4.69, 9.17) is 9.57 Å². The summed E-state index contributed by atoms with van der Waals surface area (Å²) < 4.78 is 5.84. The molecule has 5 rings (SSSR count). The summed E-state index contributed by atoms with van der Waals surface area (Å²) in [6.07, 6.45) is 3.74. The Bertz CT molecular complexity index is 1550. The quantitative estimate of drug-likeness (QED) is 0.246. The van der Waals surface area contributed by atoms with Crippen molar-refractivity contribution in [2.75, 3.05) is 13.2 Å². The first-order valence-electron chi connectivity index (χ1n) is 18.7. The number of oxime groups is 1. The van der Waals surface area contributed by atoms with E-state index in [0.717, 1.165) is 41.7 Å². The van der Waals surface area contributed by atoms with Gasteiger partial charge >= 0.3 is 0 Å². The fraction of sp³-hybridized carbons (Fsp3) is 0.692. The number of nitrogens with one attached hydrogen (secondary N) is 3. The molecule has 4 aliphatic rings. The Balaban J connectivity index is 1.41. The van der Waals surface area contributed by atoms with Gasteiger partial charge in [0.15, 0.2) is 5.60 Å². The Hall–Kier alpha value is -3.96. The fourth-order valence-corrected chi connectivity index (χ4v) is 7.56. The van der Waals surface area contributed by atoms with Crippen LogP contribution >= 0.6 is 0 Å². The third-order valence-corrected chi connectivity index (χ3v) is 10.7. The van der Waals surface area contributed by atoms with Gasteiger partial charge in [-0.3, -0.25) is 24.0 Å². The highest BCUT2D eigenvalue weighted by Gasteiger charge is 2.56. The minimum atomic E-state index is -1.04. The van der Waals surface area contributed by atoms with Gasteiger partial charge in [-0.1, -0.05) is 53.1 Å². The number of nitrogens with zero attached hydrogens (tertiary/aromatic N) is 2. The molecule has 3 fully saturated rings. The number of benzene rings is 1. The molecule has 4 amide bonds. The van der Waals surface area contributed by atoms with Gasteiger partial charge < -0.3 is 30.4 Å². The van der Waals surface area contributed by atoms with Crippen molar-refractivity contribution in [3.8, 4) is 5.75 Å². The number of likely N-dealkylation sites (tertiary alicyclic amines) is 1. The van der Waals surface area contributed by atoms with E-state index in [9.17, 15) is 24.0 Å². The number of carbonyl (C=O) groups is 5. The first kappa shape index (κ1) is 38.3. The van der Waals surface area contributed by atoms with Gasteiger partial charge in [-0.05, 0) is 87.0 Å². The van der Waals surface area contributed by atoms with Gasteiger partial charge in [0.2, 0.25) is 23.5 Å². The number of ether oxygens (including phenoxy) is 1. The summed E-state index contributed by atoms with van der Waals surface area (Å²) in [5.41, 5.74) is 1.81. The maximum absolute atomic E-state index is 14.7. The Labute approximate surface area is 302 Å². The Kier molecular flexibility index (Phi) is 11.2. The molecule has 1 saturated heterocycles. The highest BCUT2D eigenvalue weighted by Crippen LogP contribution is 2.45. The van der Waals surface area contributed by atoms with E-state index in [1.807, 2.05) is 60.6 Å². The van der Waals surface area contributed by atoms with E-state index in [0.29, 0.717) is 31.1 Å². The van der Waals surface area contributed by atoms with Gasteiger partial charge in [0.05, 0.1) is 24.9 Å². The monoisotopic (exact) mass is 707 g/mol. The second-order valence-corrected chi connectivity index (χ2v) is 16.6. The van der Waals surface area contributed by atoms with Gasteiger partial charge in [0.25, 0.3) is 5.91 Å². The number of rotatable bonds is 14. The molecule has 1 aromatic rings. The molecule has 2 heterocycles. The first-order chi connectivity index (χ1) is 24.0. The van der Waals surface area contributed by atoms with Crippen molar-refractivity contribution < 1.29 is 33.5 Å². The molecule has 3 N–H and O–H groups in total. The van der Waals surface area contributed by atoms with Crippen LogP contribution in [0.1, 0.15) is 110 Å². The van der Waals surface area contributed by atoms with E-state index in [1.165, 1.54) is 4.90 Å². The molecule has 0 radical (unpaired) electrons. The first-order valence-corrected chi connectivity index (χ1v) is 18.7. The van der Waals surface area contributed by atoms with Gasteiger partial charge in [-0.15, -0.1) is 0 Å². The molecule has 2 saturated carbocycles. The molecule has 6 atom stereocenters. The van der Waals surface area contributed by atoms with Crippen molar-refractivity contribution in [1.29, 1.82) is 0 Å². The maximum Gasteiger partial charge on any atom is 0.289 e. The molecular formula is C39H57N5O7. The van der Waals surface area contributed by atoms with Crippen molar-refractivity contribution in [2.45, 2.75) is 137 Å². The molecule has 280 valence electrons. The van der Waals surface area contributed by atoms with Gasteiger partial charge in [0, 0.05) is 30.4 Å². The van der Waals surface area contributed by atoms with Crippen molar-refractivity contribution in [3.05, 3.63) is 28.8 Å². The number of carbonyl (C=O) groups excluding carboxylic acids is 5. The van der Waals surface area contributed by atoms with Crippen LogP contribution in [0.3, 0.4) is 0 Å². The lowest BCUT2D eigenvalue weighted by Crippen LogP contribution is -2.59. The highest BCUT2D eigenvalue weighted by atomic mass is 16.7. The lowest BCUT2D eigenvalue weighted by molar-refractivity contribution is -0.145. The molecule has 1 aromatic carbocycles. The average molecular weight is 708 g/mol. The summed E-state index contributed by atoms with van der Waals surface area (Å²) in [6, 6.07) is 1.02. The minimum Gasteiger partial charge on any atom is -0.493 e. The summed E-state index contributed by atoms with van der Waals surface area (Å²) in [7, 11) is 0. The lowest BCUT2D eigenvalue weighted by atomic mass is 9.85. The molecule has 0 bridgehead atoms. The topological polar surface area (TPSA) is 156 Å². The van der Waals surface area contributed by atoms with E-state index >= 15 is 0 Å². The van der Waals surface area contributed by atoms with Crippen LogP contribution < -0.4 is 20.7 Å². The number of ketones is 1. The maximum atomic E-state index is 14.7. The number of amides is 4. The van der Waals surface area contributed by atoms with Crippen LogP contribution in [-0.4, -0.2) is 82.9 Å². The summed E-state index contributed by atoms with van der Waals surface area (Å²) in [6.45, 7) is 18.2. The summed E-state index contributed by atoms with van der Waals surface area (Å²) in [5.74, 6) is -1.19. The van der Waals surface area contributed by atoms with Crippen molar-refractivity contribution in [1.82, 2.24) is 20.9 Å². The number of hydrogen-bond acceptors (Lipinski definition) is 8. The molecular weight excluding hydrogens is 650 g/mol. The van der Waals surface area contributed by atoms with Crippen LogP contribution in [0.15, 0.2) is 17.3 Å². The van der Waals surface area contributed by atoms with Crippen LogP contribution in [0.4, 0.5) is 0 Å². The zero-order valence-corrected chi connectivity index (χ0v) is 31.8. The lowest BCUT2D eigenvalue weighted by Gasteiger charge is -2.35. The van der Waals surface area contributed by atoms with E-state index in [2.05, 4.69) is 35.0 Å². The van der Waals surface area contributed by atoms with Crippen molar-refractivity contribution in [2.24, 2.45) is 28.3 Å². The molecule has 0 unspecified atom stereocenters. The van der Waals surface area contributed by atoms with Crippen LogP contribution in [0.5, 0.6) is 5.75 Å². The number of hydrogen-bond donors (Lipinski definition) is 3. The number of Topliss-reactive ketones (excluding diaryl/α,β-unsaturated/α-hetero) is 1. The molecule has 2 aliphatic carbocycles. The molecule has 12 heteroatoms. The van der Waals surface area contributed by atoms with Crippen LogP contribution in [0.2, 0.25) is 0 Å². The Morgan fingerprint density at radius 2 is 1.71 bits per heavy atom. The SMILES string of the molecule is CCC[C@H](NC(=O)[C@@H]1C[C@]2(CC(c3cc(C)c(OCC)c(C)c3)=NO2)CN1C(=O)[C@@H](NC(=O)[C@@H]1C[C@H]1C(C)C)C(C)(C)C)C(=O)C(=O)NC1CC1. The second kappa shape index (κ2) is 14.9. The minimum absolute atomic E-state index is 0.00473. The fourth-order valence-electron chi connectivity index (χ4n) is 7.56. The predicted octanol–water partition coefficient (Wildman–Crippen LogP) is 4.12. The van der Waals surface area contributed by atoms with E-state index < -0.39 is 52.6 Å². The van der Waals surface area contributed by atoms with Gasteiger partial charge in [0.1, 0.15) is 17.8 Å². The molecule has 0 aromatic heterocycles. The third kappa shape index (κ3) is 8.58. The zero-order valence-electron chi connectivity index (χ0n) is 31.8. The van der Waals surface area contributed by atoms with Crippen LogP contribution in [-0.2, 0) is 28.8 Å². The van der Waals surface area contributed by atoms with Crippen LogP contribution in [0, 0.1) is 37.0 Å². The van der Waals surface area contributed by atoms with E-state index in [-0.39, 0.29) is 43.2 Å². The Morgan fingerprint density at radius 1 is 1.04 bits per heavy atom. The summed E-state index contributed by atoms with van der Waals surface area (Å²) >= 11 is 0. The average Bonchev–Trinajstić information content (AvgIpc) is 3.98. The highest BCUT2D eigenvalue weighted by molar-refractivity contribution is 6.38. The third-order valence-electron chi connectivity index (χ3n) is 10.7. The Morgan fingerprint density at radius 3 is 2.25 bits per heavy atom. The number of aryl methyl sites for hydroxylation is 2. The van der Waals surface area contributed by atoms with E-state index in [1.54, 1.807) is 0 Å². The second-order valence-electron chi connectivity index (χ2n) is 16.6. The zero-order chi connectivity index (χ0) is 37.4. The van der Waals surface area contributed by atoms with Gasteiger partial charge in [-0.2, -0.15) is 0 Å². The molecule has 12 nitrogen and oxygen atoms in total. The van der Waals surface area contributed by atoms with Crippen molar-refractivity contribution in [3.63, 3.8) is 0 Å². The molecule has 1 spiro atoms. The summed E-state index contributed by atoms with van der Waals surface area (Å²) in [4.78, 5) is 75.9. The van der Waals surface area contributed by atoms with Crippen molar-refractivity contribution >= 4 is 35.1 Å². The van der Waals surface area contributed by atoms with Gasteiger partial charge in [-0.25, -0.2) is 0 Å². The van der Waals surface area contributed by atoms with Crippen LogP contribution in [0.25, 0.3) is 0 Å². The smallest absolute Gasteiger partial charge is 0.289 e. The largest absolute Gasteiger partial charge is 0.493 e. The normalized spacial score (nSPS) is 25.2. The standard InChI is InChI=1S/C39H57N5O7/c1-10-12-28(31(45)36(48)40-25-13-14-25)41-35(47)30-19-39(18-29(43-51-39)24-15-22(5)32(50-11-2)23(6)16-24)20-44(30)37(49)33(38(7,8)9)42-34(46)27-17-26(27)21(3)4/h15-16,21,25-28,30,33H,10-14,17-20H2,1-9H3,(H,40,48)(H,41,47)(H,42,46)/t26-,27+,28-,30-,33+,39+/m0/s1. The predicted molar refractivity (Wildman–Crippen MR) is 193 cm³/mol. The molecule has 51 heavy (non-hydrogen) atoms.